The van der Waals surface area contributed by atoms with E-state index >= 15 is 0 Å². The van der Waals surface area contributed by atoms with Gasteiger partial charge in [-0.1, -0.05) is 70.2 Å². The van der Waals surface area contributed by atoms with Crippen LogP contribution < -0.4 is 4.74 Å². The molecule has 5 atom stereocenters. The Morgan fingerprint density at radius 3 is 2.05 bits per heavy atom. The number of aliphatic hydroxyl groups is 1. The number of ether oxygens (including phenoxy) is 5. The van der Waals surface area contributed by atoms with Gasteiger partial charge in [0, 0.05) is 0 Å². The molecule has 8 nitrogen and oxygen atoms in total. The molecule has 1 saturated heterocycles. The second-order valence-corrected chi connectivity index (χ2v) is 15.9. The molecule has 1 aliphatic heterocycles. The summed E-state index contributed by atoms with van der Waals surface area (Å²) in [5.41, 5.74) is 1.83. The average Bonchev–Trinajstić information content (AvgIpc) is 2.92. The third-order valence-electron chi connectivity index (χ3n) is 8.25. The predicted molar refractivity (Wildman–Crippen MR) is 151 cm³/mol. The summed E-state index contributed by atoms with van der Waals surface area (Å²) in [6.45, 7) is 13.4. The van der Waals surface area contributed by atoms with E-state index in [0.717, 1.165) is 16.9 Å². The fourth-order valence-electron chi connectivity index (χ4n) is 4.42. The molecule has 0 saturated carbocycles. The zero-order valence-corrected chi connectivity index (χ0v) is 25.4. The van der Waals surface area contributed by atoms with E-state index in [4.69, 9.17) is 28.1 Å². The van der Waals surface area contributed by atoms with Gasteiger partial charge in [0.15, 0.2) is 20.7 Å². The number of methoxy groups -OCH3 is 2. The van der Waals surface area contributed by atoms with E-state index in [-0.39, 0.29) is 18.3 Å². The minimum atomic E-state index is -2.47. The molecule has 0 aromatic heterocycles. The van der Waals surface area contributed by atoms with E-state index in [1.54, 1.807) is 7.11 Å². The smallest absolute Gasteiger partial charge is 0.337 e. The van der Waals surface area contributed by atoms with Crippen LogP contribution in [0.15, 0.2) is 54.6 Å². The van der Waals surface area contributed by atoms with Crippen molar-refractivity contribution >= 4 is 14.3 Å². The first-order valence-corrected chi connectivity index (χ1v) is 16.3. The minimum absolute atomic E-state index is 0.131. The molecule has 0 amide bonds. The third kappa shape index (κ3) is 7.48. The van der Waals surface area contributed by atoms with Crippen molar-refractivity contribution in [3.8, 4) is 5.75 Å². The van der Waals surface area contributed by atoms with Crippen LogP contribution in [0.1, 0.15) is 38.8 Å². The highest BCUT2D eigenvalue weighted by atomic mass is 28.4. The number of hydrogen-bond donors (Lipinski definition) is 1. The van der Waals surface area contributed by atoms with Crippen LogP contribution in [0.3, 0.4) is 0 Å². The lowest BCUT2D eigenvalue weighted by atomic mass is 9.98. The number of esters is 1. The van der Waals surface area contributed by atoms with Gasteiger partial charge < -0.3 is 33.2 Å². The van der Waals surface area contributed by atoms with Gasteiger partial charge in [-0.3, -0.25) is 0 Å². The fourth-order valence-corrected chi connectivity index (χ4v) is 6.88. The molecule has 1 fully saturated rings. The number of rotatable bonds is 12. The van der Waals surface area contributed by atoms with Crippen molar-refractivity contribution in [3.05, 3.63) is 65.7 Å². The topological polar surface area (TPSA) is 92.7 Å². The highest BCUT2D eigenvalue weighted by Crippen LogP contribution is 2.46. The first-order valence-electron chi connectivity index (χ1n) is 13.4. The lowest BCUT2D eigenvalue weighted by Gasteiger charge is -2.49. The Bertz CT molecular complexity index is 1040. The SMILES string of the molecule is COC(=O)[C@@H]1O[C@H](O[Si](C)(C)C(C)(C)C(C)C)[C@H](OCc2ccc(OC)cc2)[C@@H](OCc2ccccc2)[C@@H]1O. The zero-order chi connectivity index (χ0) is 28.8. The van der Waals surface area contributed by atoms with Crippen LogP contribution in [0.5, 0.6) is 5.75 Å². The summed E-state index contributed by atoms with van der Waals surface area (Å²) in [6.07, 6.45) is -5.31. The van der Waals surface area contributed by atoms with Crippen LogP contribution >= 0.6 is 0 Å². The number of carbonyl (C=O) groups is 1. The second kappa shape index (κ2) is 13.4. The Hall–Kier alpha value is -2.27. The van der Waals surface area contributed by atoms with Gasteiger partial charge in [-0.25, -0.2) is 4.79 Å². The lowest BCUT2D eigenvalue weighted by Crippen LogP contribution is -2.64. The van der Waals surface area contributed by atoms with Crippen LogP contribution in [0.2, 0.25) is 18.1 Å². The predicted octanol–water partition coefficient (Wildman–Crippen LogP) is 5.08. The largest absolute Gasteiger partial charge is 0.497 e. The molecule has 39 heavy (non-hydrogen) atoms. The number of benzene rings is 2. The summed E-state index contributed by atoms with van der Waals surface area (Å²) < 4.78 is 35.8. The first-order chi connectivity index (χ1) is 18.4. The van der Waals surface area contributed by atoms with Crippen molar-refractivity contribution in [2.45, 2.75) is 89.7 Å². The maximum Gasteiger partial charge on any atom is 0.337 e. The standard InChI is InChI=1S/C30H44O8Si/c1-20(2)30(3,4)39(7,8)38-29-27(36-19-22-14-16-23(33-5)17-15-22)25(24(31)26(37-29)28(32)34-6)35-18-21-12-10-9-11-13-21/h9-17,20,24-27,29,31H,18-19H2,1-8H3/t24-,25-,26+,27+,29+/m0/s1. The highest BCUT2D eigenvalue weighted by Gasteiger charge is 2.54. The quantitative estimate of drug-likeness (QED) is 0.284. The molecular weight excluding hydrogens is 516 g/mol. The molecule has 1 aliphatic rings. The molecule has 2 aromatic rings. The molecule has 0 spiro atoms. The van der Waals surface area contributed by atoms with Crippen LogP contribution in [-0.2, 0) is 41.4 Å². The molecular formula is C30H44O8Si. The maximum absolute atomic E-state index is 12.7. The van der Waals surface area contributed by atoms with Gasteiger partial charge in [-0.05, 0) is 47.3 Å². The number of carbonyl (C=O) groups excluding carboxylic acids is 1. The Morgan fingerprint density at radius 1 is 0.949 bits per heavy atom. The monoisotopic (exact) mass is 560 g/mol. The molecule has 2 aromatic carbocycles. The highest BCUT2D eigenvalue weighted by molar-refractivity contribution is 6.74. The summed E-state index contributed by atoms with van der Waals surface area (Å²) >= 11 is 0. The van der Waals surface area contributed by atoms with E-state index in [0.29, 0.717) is 5.92 Å². The number of aliphatic hydroxyl groups excluding tert-OH is 1. The summed E-state index contributed by atoms with van der Waals surface area (Å²) in [5, 5.41) is 11.2. The normalized spacial score (nSPS) is 24.0. The second-order valence-electron chi connectivity index (χ2n) is 11.3. The zero-order valence-electron chi connectivity index (χ0n) is 24.4. The first kappa shape index (κ1) is 31.3. The van der Waals surface area contributed by atoms with Crippen molar-refractivity contribution in [1.82, 2.24) is 0 Å². The number of hydrogen-bond acceptors (Lipinski definition) is 8. The van der Waals surface area contributed by atoms with Gasteiger partial charge in [0.1, 0.15) is 24.1 Å². The molecule has 216 valence electrons. The average molecular weight is 561 g/mol. The van der Waals surface area contributed by atoms with E-state index in [9.17, 15) is 9.90 Å². The van der Waals surface area contributed by atoms with Gasteiger partial charge in [0.2, 0.25) is 0 Å². The van der Waals surface area contributed by atoms with Crippen molar-refractivity contribution < 1.29 is 38.0 Å². The van der Waals surface area contributed by atoms with Gasteiger partial charge in [-0.2, -0.15) is 0 Å². The van der Waals surface area contributed by atoms with Crippen molar-refractivity contribution in [2.24, 2.45) is 5.92 Å². The molecule has 1 N–H and O–H groups in total. The summed E-state index contributed by atoms with van der Waals surface area (Å²) in [6, 6.07) is 17.2. The van der Waals surface area contributed by atoms with Gasteiger partial charge in [-0.15, -0.1) is 0 Å². The minimum Gasteiger partial charge on any atom is -0.497 e. The van der Waals surface area contributed by atoms with Crippen LogP contribution in [-0.4, -0.2) is 64.3 Å². The Labute approximate surface area is 233 Å². The maximum atomic E-state index is 12.7. The van der Waals surface area contributed by atoms with Gasteiger partial charge in [0.05, 0.1) is 27.4 Å². The molecule has 0 aliphatic carbocycles. The van der Waals surface area contributed by atoms with Crippen LogP contribution in [0.25, 0.3) is 0 Å². The molecule has 0 radical (unpaired) electrons. The molecule has 0 bridgehead atoms. The lowest BCUT2D eigenvalue weighted by molar-refractivity contribution is -0.296. The van der Waals surface area contributed by atoms with Gasteiger partial charge >= 0.3 is 5.97 Å². The van der Waals surface area contributed by atoms with Crippen molar-refractivity contribution in [2.75, 3.05) is 14.2 Å². The summed E-state index contributed by atoms with van der Waals surface area (Å²) in [7, 11) is 0.413. The Morgan fingerprint density at radius 2 is 1.51 bits per heavy atom. The van der Waals surface area contributed by atoms with E-state index in [1.165, 1.54) is 7.11 Å². The van der Waals surface area contributed by atoms with Crippen LogP contribution in [0.4, 0.5) is 0 Å². The summed E-state index contributed by atoms with van der Waals surface area (Å²) in [4.78, 5) is 12.7. The van der Waals surface area contributed by atoms with E-state index in [2.05, 4.69) is 40.8 Å². The molecule has 3 rings (SSSR count). The van der Waals surface area contributed by atoms with Gasteiger partial charge in [0.25, 0.3) is 0 Å². The van der Waals surface area contributed by atoms with Crippen molar-refractivity contribution in [3.63, 3.8) is 0 Å². The Kier molecular flexibility index (Phi) is 10.7. The Balaban J connectivity index is 1.95. The molecule has 0 unspecified atom stereocenters. The third-order valence-corrected chi connectivity index (χ3v) is 12.7. The molecule has 9 heteroatoms. The van der Waals surface area contributed by atoms with E-state index < -0.39 is 45.0 Å². The fraction of sp³-hybridized carbons (Fsp3) is 0.567. The summed E-state index contributed by atoms with van der Waals surface area (Å²) in [5.74, 6) is 0.388. The van der Waals surface area contributed by atoms with Crippen LogP contribution in [0, 0.1) is 5.92 Å². The molecule has 1 heterocycles. The van der Waals surface area contributed by atoms with Crippen molar-refractivity contribution in [1.29, 1.82) is 0 Å². The van der Waals surface area contributed by atoms with E-state index in [1.807, 2.05) is 54.6 Å².